The SMILES string of the molecule is CCOc1ccccc1C(=O)NC(C)C1CCCCN1. The highest BCUT2D eigenvalue weighted by molar-refractivity contribution is 5.97. The molecule has 110 valence electrons. The molecule has 1 aliphatic rings. The lowest BCUT2D eigenvalue weighted by molar-refractivity contribution is 0.0924. The third kappa shape index (κ3) is 3.73. The average Bonchev–Trinajstić information content (AvgIpc) is 2.49. The highest BCUT2D eigenvalue weighted by atomic mass is 16.5. The minimum Gasteiger partial charge on any atom is -0.493 e. The van der Waals surface area contributed by atoms with E-state index in [-0.39, 0.29) is 11.9 Å². The van der Waals surface area contributed by atoms with Crippen LogP contribution in [0.1, 0.15) is 43.5 Å². The van der Waals surface area contributed by atoms with Crippen LogP contribution in [0.5, 0.6) is 5.75 Å². The molecule has 2 atom stereocenters. The Hall–Kier alpha value is -1.55. The zero-order valence-corrected chi connectivity index (χ0v) is 12.3. The van der Waals surface area contributed by atoms with E-state index >= 15 is 0 Å². The summed E-state index contributed by atoms with van der Waals surface area (Å²) in [5.74, 6) is 0.588. The van der Waals surface area contributed by atoms with Crippen LogP contribution in [-0.2, 0) is 0 Å². The zero-order chi connectivity index (χ0) is 14.4. The van der Waals surface area contributed by atoms with E-state index in [4.69, 9.17) is 4.74 Å². The molecule has 1 heterocycles. The summed E-state index contributed by atoms with van der Waals surface area (Å²) >= 11 is 0. The van der Waals surface area contributed by atoms with Crippen LogP contribution in [0.4, 0.5) is 0 Å². The van der Waals surface area contributed by atoms with Crippen LogP contribution in [0.15, 0.2) is 24.3 Å². The highest BCUT2D eigenvalue weighted by Crippen LogP contribution is 2.18. The molecule has 0 saturated carbocycles. The van der Waals surface area contributed by atoms with E-state index in [0.29, 0.717) is 24.0 Å². The van der Waals surface area contributed by atoms with Gasteiger partial charge in [0.15, 0.2) is 0 Å². The number of nitrogens with one attached hydrogen (secondary N) is 2. The summed E-state index contributed by atoms with van der Waals surface area (Å²) in [5.41, 5.74) is 0.608. The number of hydrogen-bond acceptors (Lipinski definition) is 3. The van der Waals surface area contributed by atoms with Crippen molar-refractivity contribution in [3.63, 3.8) is 0 Å². The van der Waals surface area contributed by atoms with E-state index in [2.05, 4.69) is 17.6 Å². The molecule has 1 aliphatic heterocycles. The van der Waals surface area contributed by atoms with Crippen molar-refractivity contribution in [1.82, 2.24) is 10.6 Å². The lowest BCUT2D eigenvalue weighted by Gasteiger charge is -2.29. The zero-order valence-electron chi connectivity index (χ0n) is 12.3. The first-order valence-corrected chi connectivity index (χ1v) is 7.48. The summed E-state index contributed by atoms with van der Waals surface area (Å²) in [6.07, 6.45) is 3.58. The lowest BCUT2D eigenvalue weighted by Crippen LogP contribution is -2.50. The van der Waals surface area contributed by atoms with E-state index < -0.39 is 0 Å². The Bertz CT molecular complexity index is 442. The summed E-state index contributed by atoms with van der Waals surface area (Å²) in [5, 5.41) is 6.55. The molecule has 0 aliphatic carbocycles. The molecule has 20 heavy (non-hydrogen) atoms. The fourth-order valence-corrected chi connectivity index (χ4v) is 2.63. The van der Waals surface area contributed by atoms with Crippen molar-refractivity contribution >= 4 is 5.91 Å². The fourth-order valence-electron chi connectivity index (χ4n) is 2.63. The Morgan fingerprint density at radius 3 is 2.95 bits per heavy atom. The molecular weight excluding hydrogens is 252 g/mol. The van der Waals surface area contributed by atoms with Crippen molar-refractivity contribution in [3.8, 4) is 5.75 Å². The first-order valence-electron chi connectivity index (χ1n) is 7.48. The molecule has 2 rings (SSSR count). The number of rotatable bonds is 5. The molecule has 1 amide bonds. The normalized spacial score (nSPS) is 20.2. The summed E-state index contributed by atoms with van der Waals surface area (Å²) < 4.78 is 5.51. The van der Waals surface area contributed by atoms with Gasteiger partial charge in [-0.3, -0.25) is 4.79 Å². The molecule has 1 saturated heterocycles. The Morgan fingerprint density at radius 1 is 1.45 bits per heavy atom. The molecule has 2 unspecified atom stereocenters. The van der Waals surface area contributed by atoms with Crippen molar-refractivity contribution in [2.45, 2.75) is 45.2 Å². The number of piperidine rings is 1. The standard InChI is InChI=1S/C16H24N2O2/c1-3-20-15-10-5-4-8-13(15)16(19)18-12(2)14-9-6-7-11-17-14/h4-5,8,10,12,14,17H,3,6-7,9,11H2,1-2H3,(H,18,19). The fraction of sp³-hybridized carbons (Fsp3) is 0.562. The first kappa shape index (κ1) is 14.9. The second-order valence-electron chi connectivity index (χ2n) is 5.25. The summed E-state index contributed by atoms with van der Waals surface area (Å²) in [7, 11) is 0. The Labute approximate surface area is 120 Å². The quantitative estimate of drug-likeness (QED) is 0.868. The molecule has 4 nitrogen and oxygen atoms in total. The largest absolute Gasteiger partial charge is 0.493 e. The van der Waals surface area contributed by atoms with E-state index in [9.17, 15) is 4.79 Å². The van der Waals surface area contributed by atoms with E-state index in [1.807, 2.05) is 25.1 Å². The van der Waals surface area contributed by atoms with Gasteiger partial charge in [0.1, 0.15) is 5.75 Å². The summed E-state index contributed by atoms with van der Waals surface area (Å²) in [4.78, 5) is 12.4. The topological polar surface area (TPSA) is 50.4 Å². The van der Waals surface area contributed by atoms with Crippen LogP contribution in [0.2, 0.25) is 0 Å². The third-order valence-corrected chi connectivity index (χ3v) is 3.74. The van der Waals surface area contributed by atoms with Gasteiger partial charge < -0.3 is 15.4 Å². The first-order chi connectivity index (χ1) is 9.72. The minimum atomic E-state index is -0.0612. The van der Waals surface area contributed by atoms with Crippen LogP contribution in [-0.4, -0.2) is 31.1 Å². The molecule has 2 N–H and O–H groups in total. The monoisotopic (exact) mass is 276 g/mol. The molecular formula is C16H24N2O2. The molecule has 0 bridgehead atoms. The van der Waals surface area contributed by atoms with Gasteiger partial charge in [0.2, 0.25) is 0 Å². The maximum Gasteiger partial charge on any atom is 0.255 e. The average molecular weight is 276 g/mol. The molecule has 1 fully saturated rings. The van der Waals surface area contributed by atoms with E-state index in [1.165, 1.54) is 12.8 Å². The van der Waals surface area contributed by atoms with E-state index in [0.717, 1.165) is 13.0 Å². The van der Waals surface area contributed by atoms with Crippen molar-refractivity contribution in [2.75, 3.05) is 13.2 Å². The van der Waals surface area contributed by atoms with Gasteiger partial charge in [-0.2, -0.15) is 0 Å². The molecule has 1 aromatic rings. The summed E-state index contributed by atoms with van der Waals surface area (Å²) in [6.45, 7) is 5.58. The van der Waals surface area contributed by atoms with Crippen LogP contribution >= 0.6 is 0 Å². The maximum atomic E-state index is 12.4. The van der Waals surface area contributed by atoms with Crippen molar-refractivity contribution in [3.05, 3.63) is 29.8 Å². The van der Waals surface area contributed by atoms with Crippen LogP contribution in [0, 0.1) is 0 Å². The number of para-hydroxylation sites is 1. The van der Waals surface area contributed by atoms with Gasteiger partial charge in [-0.1, -0.05) is 18.6 Å². The summed E-state index contributed by atoms with van der Waals surface area (Å²) in [6, 6.07) is 7.88. The predicted octanol–water partition coefficient (Wildman–Crippen LogP) is 2.35. The van der Waals surface area contributed by atoms with Crippen molar-refractivity contribution in [1.29, 1.82) is 0 Å². The Balaban J connectivity index is 2.00. The number of hydrogen-bond donors (Lipinski definition) is 2. The van der Waals surface area contributed by atoms with Gasteiger partial charge in [0.05, 0.1) is 12.2 Å². The third-order valence-electron chi connectivity index (χ3n) is 3.74. The van der Waals surface area contributed by atoms with Gasteiger partial charge in [-0.25, -0.2) is 0 Å². The smallest absolute Gasteiger partial charge is 0.255 e. The number of ether oxygens (including phenoxy) is 1. The second-order valence-corrected chi connectivity index (χ2v) is 5.25. The maximum absolute atomic E-state index is 12.4. The minimum absolute atomic E-state index is 0.0612. The van der Waals surface area contributed by atoms with Gasteiger partial charge in [-0.15, -0.1) is 0 Å². The van der Waals surface area contributed by atoms with Crippen molar-refractivity contribution in [2.24, 2.45) is 0 Å². The molecule has 0 spiro atoms. The van der Waals surface area contributed by atoms with Gasteiger partial charge in [0, 0.05) is 12.1 Å². The highest BCUT2D eigenvalue weighted by Gasteiger charge is 2.22. The molecule has 4 heteroatoms. The number of amides is 1. The van der Waals surface area contributed by atoms with Gasteiger partial charge in [0.25, 0.3) is 5.91 Å². The van der Waals surface area contributed by atoms with Crippen LogP contribution in [0.25, 0.3) is 0 Å². The Morgan fingerprint density at radius 2 is 2.25 bits per heavy atom. The van der Waals surface area contributed by atoms with Gasteiger partial charge >= 0.3 is 0 Å². The van der Waals surface area contributed by atoms with Crippen molar-refractivity contribution < 1.29 is 9.53 Å². The molecule has 1 aromatic carbocycles. The number of carbonyl (C=O) groups excluding carboxylic acids is 1. The van der Waals surface area contributed by atoms with E-state index in [1.54, 1.807) is 6.07 Å². The Kier molecular flexibility index (Phi) is 5.41. The molecule has 0 aromatic heterocycles. The van der Waals surface area contributed by atoms with Gasteiger partial charge in [-0.05, 0) is 45.4 Å². The molecule has 0 radical (unpaired) electrons. The lowest BCUT2D eigenvalue weighted by atomic mass is 9.99. The predicted molar refractivity (Wildman–Crippen MR) is 80.2 cm³/mol. The number of benzene rings is 1. The van der Waals surface area contributed by atoms with Crippen LogP contribution < -0.4 is 15.4 Å². The van der Waals surface area contributed by atoms with Crippen LogP contribution in [0.3, 0.4) is 0 Å². The number of carbonyl (C=O) groups is 1. The second kappa shape index (κ2) is 7.29.